The molecule has 0 aliphatic carbocycles. The minimum Gasteiger partial charge on any atom is -0.491 e. The summed E-state index contributed by atoms with van der Waals surface area (Å²) in [5, 5.41) is 19.7. The number of ether oxygens (including phenoxy) is 1. The van der Waals surface area contributed by atoms with Crippen LogP contribution in [-0.2, 0) is 25.4 Å². The molecule has 0 aliphatic rings. The maximum atomic E-state index is 12.7. The second kappa shape index (κ2) is 8.53. The molecule has 2 N–H and O–H groups in total. The molecule has 154 valence electrons. The third kappa shape index (κ3) is 4.35. The Morgan fingerprint density at radius 3 is 2.55 bits per heavy atom. The first-order valence-corrected chi connectivity index (χ1v) is 9.65. The number of hydrogen-bond acceptors (Lipinski definition) is 7. The van der Waals surface area contributed by atoms with Gasteiger partial charge in [0.1, 0.15) is 18.5 Å². The molecule has 3 rings (SSSR count). The molecule has 0 bridgehead atoms. The molecule has 0 aliphatic heterocycles. The maximum absolute atomic E-state index is 12.7. The largest absolute Gasteiger partial charge is 0.491 e. The number of carboxylic acid groups (broad SMARTS) is 1. The van der Waals surface area contributed by atoms with Crippen LogP contribution < -0.4 is 16.0 Å². The van der Waals surface area contributed by atoms with Crippen molar-refractivity contribution in [3.63, 3.8) is 0 Å². The van der Waals surface area contributed by atoms with Crippen LogP contribution in [-0.4, -0.2) is 53.3 Å². The minimum absolute atomic E-state index is 0.0429. The van der Waals surface area contributed by atoms with Crippen LogP contribution in [0, 0.1) is 0 Å². The van der Waals surface area contributed by atoms with E-state index in [2.05, 4.69) is 4.98 Å². The number of nitrogens with zero attached hydrogens (tertiary/aromatic N) is 4. The number of carboxylic acids is 1. The van der Waals surface area contributed by atoms with Crippen molar-refractivity contribution in [3.05, 3.63) is 51.2 Å². The standard InChI is InChI=1S/C18H20N4O6S/c1-20-15-14(16(26)21(2)18(20)27)22(17(19-15)29-10-13(24)25)8-11(23)9-28-12-6-4-3-5-7-12/h3-7,11,23H,8-10H2,1-2H3,(H,24,25)/t11-/m1/s1. The van der Waals surface area contributed by atoms with Gasteiger partial charge < -0.3 is 19.5 Å². The van der Waals surface area contributed by atoms with Gasteiger partial charge in [-0.1, -0.05) is 30.0 Å². The van der Waals surface area contributed by atoms with Crippen LogP contribution in [0.25, 0.3) is 11.2 Å². The molecular formula is C18H20N4O6S. The topological polar surface area (TPSA) is 129 Å². The van der Waals surface area contributed by atoms with Gasteiger partial charge in [0.2, 0.25) is 0 Å². The lowest BCUT2D eigenvalue weighted by molar-refractivity contribution is -0.133. The summed E-state index contributed by atoms with van der Waals surface area (Å²) in [6.07, 6.45) is -1.00. The van der Waals surface area contributed by atoms with E-state index in [-0.39, 0.29) is 35.2 Å². The Balaban J connectivity index is 1.97. The predicted octanol–water partition coefficient (Wildman–Crippen LogP) is 0.0503. The number of fused-ring (bicyclic) bond motifs is 1. The first-order valence-electron chi connectivity index (χ1n) is 8.66. The smallest absolute Gasteiger partial charge is 0.332 e. The lowest BCUT2D eigenvalue weighted by atomic mass is 10.3. The number of aliphatic hydroxyl groups excluding tert-OH is 1. The summed E-state index contributed by atoms with van der Waals surface area (Å²) in [6.45, 7) is -0.0997. The van der Waals surface area contributed by atoms with E-state index < -0.39 is 23.3 Å². The number of para-hydroxylation sites is 1. The van der Waals surface area contributed by atoms with Crippen LogP contribution in [0.2, 0.25) is 0 Å². The molecule has 3 aromatic rings. The average Bonchev–Trinajstić information content (AvgIpc) is 3.06. The van der Waals surface area contributed by atoms with Crippen LogP contribution >= 0.6 is 11.8 Å². The summed E-state index contributed by atoms with van der Waals surface area (Å²) in [7, 11) is 2.82. The predicted molar refractivity (Wildman–Crippen MR) is 107 cm³/mol. The number of aryl methyl sites for hydroxylation is 1. The Morgan fingerprint density at radius 1 is 1.21 bits per heavy atom. The molecule has 0 unspecified atom stereocenters. The van der Waals surface area contributed by atoms with Gasteiger partial charge in [0.15, 0.2) is 16.3 Å². The van der Waals surface area contributed by atoms with Gasteiger partial charge in [0.05, 0.1) is 12.3 Å². The number of carbonyl (C=O) groups is 1. The van der Waals surface area contributed by atoms with E-state index in [9.17, 15) is 19.5 Å². The molecule has 0 radical (unpaired) electrons. The number of aliphatic carboxylic acids is 1. The Morgan fingerprint density at radius 2 is 1.90 bits per heavy atom. The van der Waals surface area contributed by atoms with Crippen molar-refractivity contribution >= 4 is 28.9 Å². The van der Waals surface area contributed by atoms with Crippen LogP contribution in [0.3, 0.4) is 0 Å². The van der Waals surface area contributed by atoms with Crippen LogP contribution in [0.1, 0.15) is 0 Å². The number of aromatic nitrogens is 4. The van der Waals surface area contributed by atoms with Gasteiger partial charge in [-0.25, -0.2) is 9.78 Å². The fourth-order valence-electron chi connectivity index (χ4n) is 2.80. The zero-order valence-corrected chi connectivity index (χ0v) is 16.6. The molecular weight excluding hydrogens is 400 g/mol. The molecule has 0 amide bonds. The Labute approximate surface area is 169 Å². The highest BCUT2D eigenvalue weighted by Crippen LogP contribution is 2.22. The van der Waals surface area contributed by atoms with Gasteiger partial charge in [-0.2, -0.15) is 0 Å². The lowest BCUT2D eigenvalue weighted by Gasteiger charge is -2.15. The molecule has 1 aromatic carbocycles. The number of aliphatic hydroxyl groups is 1. The molecule has 2 aromatic heterocycles. The third-order valence-corrected chi connectivity index (χ3v) is 5.18. The van der Waals surface area contributed by atoms with Crippen molar-refractivity contribution in [1.29, 1.82) is 0 Å². The molecule has 1 atom stereocenters. The van der Waals surface area contributed by atoms with E-state index in [1.54, 1.807) is 24.3 Å². The monoisotopic (exact) mass is 420 g/mol. The Kier molecular flexibility index (Phi) is 6.09. The van der Waals surface area contributed by atoms with Crippen molar-refractivity contribution in [1.82, 2.24) is 18.7 Å². The molecule has 0 saturated carbocycles. The van der Waals surface area contributed by atoms with Gasteiger partial charge >= 0.3 is 11.7 Å². The van der Waals surface area contributed by atoms with Crippen LogP contribution in [0.5, 0.6) is 5.75 Å². The van der Waals surface area contributed by atoms with E-state index in [1.807, 2.05) is 6.07 Å². The number of imidazole rings is 1. The maximum Gasteiger partial charge on any atom is 0.332 e. The molecule has 0 fully saturated rings. The zero-order valence-electron chi connectivity index (χ0n) is 15.8. The van der Waals surface area contributed by atoms with E-state index in [0.29, 0.717) is 5.75 Å². The zero-order chi connectivity index (χ0) is 21.1. The first-order chi connectivity index (χ1) is 13.8. The summed E-state index contributed by atoms with van der Waals surface area (Å²) >= 11 is 0.903. The van der Waals surface area contributed by atoms with Crippen LogP contribution in [0.15, 0.2) is 45.1 Å². The normalized spacial score (nSPS) is 12.2. The number of hydrogen-bond donors (Lipinski definition) is 2. The highest BCUT2D eigenvalue weighted by Gasteiger charge is 2.22. The van der Waals surface area contributed by atoms with Crippen LogP contribution in [0.4, 0.5) is 0 Å². The van der Waals surface area contributed by atoms with Crippen molar-refractivity contribution in [2.45, 2.75) is 17.8 Å². The van der Waals surface area contributed by atoms with Gasteiger partial charge in [-0.3, -0.25) is 18.7 Å². The van der Waals surface area contributed by atoms with Crippen molar-refractivity contribution < 1.29 is 19.7 Å². The van der Waals surface area contributed by atoms with E-state index in [4.69, 9.17) is 9.84 Å². The summed E-state index contributed by atoms with van der Waals surface area (Å²) in [5.41, 5.74) is -0.882. The minimum atomic E-state index is -1.05. The fraction of sp³-hybridized carbons (Fsp3) is 0.333. The molecule has 0 saturated heterocycles. The van der Waals surface area contributed by atoms with Crippen molar-refractivity contribution in [2.24, 2.45) is 14.1 Å². The molecule has 2 heterocycles. The first kappa shape index (κ1) is 20.7. The van der Waals surface area contributed by atoms with Gasteiger partial charge in [-0.15, -0.1) is 0 Å². The quantitative estimate of drug-likeness (QED) is 0.489. The van der Waals surface area contributed by atoms with E-state index in [0.717, 1.165) is 16.3 Å². The molecule has 10 nitrogen and oxygen atoms in total. The Bertz CT molecular complexity index is 1150. The lowest BCUT2D eigenvalue weighted by Crippen LogP contribution is -2.38. The van der Waals surface area contributed by atoms with Gasteiger partial charge in [0.25, 0.3) is 5.56 Å². The molecule has 11 heteroatoms. The van der Waals surface area contributed by atoms with Crippen molar-refractivity contribution in [2.75, 3.05) is 12.4 Å². The highest BCUT2D eigenvalue weighted by molar-refractivity contribution is 7.99. The SMILES string of the molecule is Cn1c(=O)c2c(nc(SCC(=O)O)n2C[C@@H](O)COc2ccccc2)n(C)c1=O. The molecule has 0 spiro atoms. The second-order valence-corrected chi connectivity index (χ2v) is 7.29. The second-order valence-electron chi connectivity index (χ2n) is 6.34. The Hall–Kier alpha value is -3.05. The summed E-state index contributed by atoms with van der Waals surface area (Å²) in [5.74, 6) is -0.752. The van der Waals surface area contributed by atoms with E-state index >= 15 is 0 Å². The van der Waals surface area contributed by atoms with Gasteiger partial charge in [-0.05, 0) is 12.1 Å². The average molecular weight is 420 g/mol. The highest BCUT2D eigenvalue weighted by atomic mass is 32.2. The number of benzene rings is 1. The summed E-state index contributed by atoms with van der Waals surface area (Å²) < 4.78 is 9.13. The third-order valence-electron chi connectivity index (χ3n) is 4.22. The fourth-order valence-corrected chi connectivity index (χ4v) is 3.53. The summed E-state index contributed by atoms with van der Waals surface area (Å²) in [4.78, 5) is 40.1. The number of rotatable bonds is 8. The van der Waals surface area contributed by atoms with Crippen molar-refractivity contribution in [3.8, 4) is 5.75 Å². The van der Waals surface area contributed by atoms with Gasteiger partial charge in [0, 0.05) is 14.1 Å². The van der Waals surface area contributed by atoms with E-state index in [1.165, 1.54) is 23.2 Å². The summed E-state index contributed by atoms with van der Waals surface area (Å²) in [6, 6.07) is 8.94. The molecule has 29 heavy (non-hydrogen) atoms. The number of thioether (sulfide) groups is 1.